The van der Waals surface area contributed by atoms with Gasteiger partial charge in [0.1, 0.15) is 11.6 Å². The summed E-state index contributed by atoms with van der Waals surface area (Å²) < 4.78 is 15.9. The van der Waals surface area contributed by atoms with Gasteiger partial charge in [-0.15, -0.1) is 24.8 Å². The number of aliphatic hydroxyl groups is 1. The number of rotatable bonds is 4. The normalized spacial score (nSPS) is 19.0. The Bertz CT molecular complexity index is 726. The zero-order chi connectivity index (χ0) is 16.4. The van der Waals surface area contributed by atoms with E-state index in [1.807, 2.05) is 0 Å². The van der Waals surface area contributed by atoms with Crippen LogP contribution < -0.4 is 10.6 Å². The van der Waals surface area contributed by atoms with Gasteiger partial charge in [0.15, 0.2) is 0 Å². The third-order valence-electron chi connectivity index (χ3n) is 3.99. The number of benzene rings is 1. The highest BCUT2D eigenvalue weighted by atomic mass is 35.5. The molecule has 1 aromatic carbocycles. The Kier molecular flexibility index (Phi) is 7.82. The highest BCUT2D eigenvalue weighted by molar-refractivity contribution is 5.85. The van der Waals surface area contributed by atoms with Crippen molar-refractivity contribution in [3.05, 3.63) is 47.8 Å². The lowest BCUT2D eigenvalue weighted by Crippen LogP contribution is -2.40. The molecule has 0 spiro atoms. The van der Waals surface area contributed by atoms with Crippen molar-refractivity contribution in [2.75, 3.05) is 6.54 Å². The minimum Gasteiger partial charge on any atom is -0.392 e. The van der Waals surface area contributed by atoms with E-state index in [1.165, 1.54) is 6.07 Å². The summed E-state index contributed by atoms with van der Waals surface area (Å²) in [6.07, 6.45) is 3.23. The predicted molar refractivity (Wildman–Crippen MR) is 97.0 cm³/mol. The van der Waals surface area contributed by atoms with E-state index in [4.69, 9.17) is 0 Å². The lowest BCUT2D eigenvalue weighted by molar-refractivity contribution is -0.123. The summed E-state index contributed by atoms with van der Waals surface area (Å²) >= 11 is 0. The van der Waals surface area contributed by atoms with Gasteiger partial charge in [0.05, 0.1) is 17.8 Å². The maximum atomic E-state index is 14.3. The second-order valence-electron chi connectivity index (χ2n) is 5.70. The molecule has 25 heavy (non-hydrogen) atoms. The van der Waals surface area contributed by atoms with Crippen LogP contribution in [-0.2, 0) is 11.3 Å². The molecule has 2 atom stereocenters. The van der Waals surface area contributed by atoms with Crippen LogP contribution in [0.3, 0.4) is 0 Å². The molecule has 2 heterocycles. The number of hydrogen-bond donors (Lipinski definition) is 3. The van der Waals surface area contributed by atoms with E-state index in [0.717, 1.165) is 0 Å². The molecule has 2 unspecified atom stereocenters. The fourth-order valence-electron chi connectivity index (χ4n) is 2.72. The molecule has 1 amide bonds. The van der Waals surface area contributed by atoms with Crippen LogP contribution in [0.25, 0.3) is 5.69 Å². The van der Waals surface area contributed by atoms with Crippen molar-refractivity contribution in [1.82, 2.24) is 20.2 Å². The van der Waals surface area contributed by atoms with Crippen LogP contribution >= 0.6 is 24.8 Å². The maximum absolute atomic E-state index is 14.3. The Labute approximate surface area is 157 Å². The minimum atomic E-state index is -0.485. The number of nitrogens with one attached hydrogen (secondary N) is 2. The van der Waals surface area contributed by atoms with Gasteiger partial charge < -0.3 is 20.3 Å². The lowest BCUT2D eigenvalue weighted by atomic mass is 10.1. The van der Waals surface area contributed by atoms with E-state index in [1.54, 1.807) is 36.0 Å². The van der Waals surface area contributed by atoms with Crippen molar-refractivity contribution in [2.24, 2.45) is 0 Å². The summed E-state index contributed by atoms with van der Waals surface area (Å²) in [5, 5.41) is 15.1. The molecule has 0 saturated carbocycles. The fourth-order valence-corrected chi connectivity index (χ4v) is 2.72. The summed E-state index contributed by atoms with van der Waals surface area (Å²) in [6.45, 7) is 2.47. The molecular formula is C16H21Cl2FN4O2. The Morgan fingerprint density at radius 1 is 1.48 bits per heavy atom. The Morgan fingerprint density at radius 3 is 2.80 bits per heavy atom. The van der Waals surface area contributed by atoms with Gasteiger partial charge in [0.2, 0.25) is 5.91 Å². The zero-order valence-electron chi connectivity index (χ0n) is 13.6. The molecule has 2 aromatic rings. The molecule has 1 aliphatic heterocycles. The quantitative estimate of drug-likeness (QED) is 0.738. The highest BCUT2D eigenvalue weighted by Gasteiger charge is 2.27. The predicted octanol–water partition coefficient (Wildman–Crippen LogP) is 1.50. The first-order chi connectivity index (χ1) is 11.0. The van der Waals surface area contributed by atoms with E-state index < -0.39 is 6.10 Å². The molecular weight excluding hydrogens is 370 g/mol. The number of aromatic nitrogens is 2. The number of carbonyl (C=O) groups is 1. The summed E-state index contributed by atoms with van der Waals surface area (Å²) in [4.78, 5) is 16.0. The zero-order valence-corrected chi connectivity index (χ0v) is 15.2. The number of β-amino-alcohol motifs (C(OH)–C–C–N with tert-alkyl or cyclic N) is 1. The molecule has 1 saturated heterocycles. The Balaban J connectivity index is 0.00000156. The molecule has 1 aromatic heterocycles. The van der Waals surface area contributed by atoms with E-state index in [0.29, 0.717) is 30.0 Å². The third kappa shape index (κ3) is 4.92. The number of aryl methyl sites for hydroxylation is 1. The molecule has 1 aliphatic rings. The van der Waals surface area contributed by atoms with Gasteiger partial charge in [-0.3, -0.25) is 4.79 Å². The summed E-state index contributed by atoms with van der Waals surface area (Å²) in [6, 6.07) is 4.46. The van der Waals surface area contributed by atoms with E-state index in [-0.39, 0.29) is 49.1 Å². The number of imidazole rings is 1. The van der Waals surface area contributed by atoms with Crippen molar-refractivity contribution in [2.45, 2.75) is 32.0 Å². The number of carbonyl (C=O) groups excluding carboxylic acids is 1. The molecule has 138 valence electrons. The number of amides is 1. The van der Waals surface area contributed by atoms with Gasteiger partial charge in [0.25, 0.3) is 0 Å². The monoisotopic (exact) mass is 390 g/mol. The summed E-state index contributed by atoms with van der Waals surface area (Å²) in [5.74, 6) is 0.152. The van der Waals surface area contributed by atoms with Crippen LogP contribution in [0.4, 0.5) is 4.39 Å². The molecule has 1 fully saturated rings. The first kappa shape index (κ1) is 21.4. The van der Waals surface area contributed by atoms with Gasteiger partial charge in [-0.05, 0) is 31.0 Å². The Hall–Kier alpha value is -1.67. The van der Waals surface area contributed by atoms with Crippen molar-refractivity contribution >= 4 is 30.7 Å². The van der Waals surface area contributed by atoms with Gasteiger partial charge in [-0.1, -0.05) is 6.07 Å². The number of aliphatic hydroxyl groups excluding tert-OH is 1. The van der Waals surface area contributed by atoms with Gasteiger partial charge in [-0.2, -0.15) is 0 Å². The van der Waals surface area contributed by atoms with Gasteiger partial charge >= 0.3 is 0 Å². The SMILES string of the molecule is Cc1nccn1-c1ccc(CNC(=O)C2CC(O)CN2)cc1F.Cl.Cl. The van der Waals surface area contributed by atoms with Crippen LogP contribution in [0.15, 0.2) is 30.6 Å². The first-order valence-corrected chi connectivity index (χ1v) is 7.52. The number of hydrogen-bond acceptors (Lipinski definition) is 4. The van der Waals surface area contributed by atoms with Crippen LogP contribution in [-0.4, -0.2) is 39.3 Å². The number of nitrogens with zero attached hydrogens (tertiary/aromatic N) is 2. The largest absolute Gasteiger partial charge is 0.392 e. The van der Waals surface area contributed by atoms with Crippen molar-refractivity contribution in [1.29, 1.82) is 0 Å². The van der Waals surface area contributed by atoms with E-state index in [9.17, 15) is 14.3 Å². The average Bonchev–Trinajstić information content (AvgIpc) is 3.14. The van der Waals surface area contributed by atoms with Crippen LogP contribution in [0.2, 0.25) is 0 Å². The molecule has 0 bridgehead atoms. The molecule has 3 rings (SSSR count). The van der Waals surface area contributed by atoms with E-state index >= 15 is 0 Å². The average molecular weight is 391 g/mol. The molecule has 9 heteroatoms. The maximum Gasteiger partial charge on any atom is 0.237 e. The van der Waals surface area contributed by atoms with Gasteiger partial charge in [-0.25, -0.2) is 9.37 Å². The third-order valence-corrected chi connectivity index (χ3v) is 3.99. The summed E-state index contributed by atoms with van der Waals surface area (Å²) in [7, 11) is 0. The molecule has 3 N–H and O–H groups in total. The topological polar surface area (TPSA) is 79.2 Å². The minimum absolute atomic E-state index is 0. The van der Waals surface area contributed by atoms with Crippen LogP contribution in [0, 0.1) is 12.7 Å². The highest BCUT2D eigenvalue weighted by Crippen LogP contribution is 2.17. The summed E-state index contributed by atoms with van der Waals surface area (Å²) in [5.41, 5.74) is 1.10. The van der Waals surface area contributed by atoms with Crippen molar-refractivity contribution < 1.29 is 14.3 Å². The Morgan fingerprint density at radius 2 is 2.24 bits per heavy atom. The standard InChI is InChI=1S/C16H19FN4O2.2ClH/c1-10-18-4-5-21(10)15-3-2-11(6-13(15)17)8-20-16(23)14-7-12(22)9-19-14;;/h2-6,12,14,19,22H,7-9H2,1H3,(H,20,23);2*1H. The van der Waals surface area contributed by atoms with Crippen LogP contribution in [0.1, 0.15) is 17.8 Å². The molecule has 0 radical (unpaired) electrons. The second kappa shape index (κ2) is 9.15. The first-order valence-electron chi connectivity index (χ1n) is 7.52. The smallest absolute Gasteiger partial charge is 0.237 e. The van der Waals surface area contributed by atoms with Crippen molar-refractivity contribution in [3.63, 3.8) is 0 Å². The van der Waals surface area contributed by atoms with Crippen LogP contribution in [0.5, 0.6) is 0 Å². The van der Waals surface area contributed by atoms with Gasteiger partial charge in [0, 0.05) is 25.5 Å². The second-order valence-corrected chi connectivity index (χ2v) is 5.70. The molecule has 0 aliphatic carbocycles. The fraction of sp³-hybridized carbons (Fsp3) is 0.375. The molecule has 6 nitrogen and oxygen atoms in total. The number of halogens is 3. The lowest BCUT2D eigenvalue weighted by Gasteiger charge is -2.12. The van der Waals surface area contributed by atoms with Crippen molar-refractivity contribution in [3.8, 4) is 5.69 Å². The van der Waals surface area contributed by atoms with E-state index in [2.05, 4.69) is 15.6 Å².